The van der Waals surface area contributed by atoms with Gasteiger partial charge in [0.2, 0.25) is 0 Å². The van der Waals surface area contributed by atoms with Gasteiger partial charge in [-0.05, 0) is 19.3 Å². The predicted molar refractivity (Wildman–Crippen MR) is 55.5 cm³/mol. The Hall–Kier alpha value is -0.600. The number of aliphatic hydroxyl groups is 1. The summed E-state index contributed by atoms with van der Waals surface area (Å²) in [5.41, 5.74) is 0. The first kappa shape index (κ1) is 10.5. The fourth-order valence-corrected chi connectivity index (χ4v) is 1.86. The summed E-state index contributed by atoms with van der Waals surface area (Å²) in [4.78, 5) is 0. The van der Waals surface area contributed by atoms with Gasteiger partial charge in [-0.1, -0.05) is 12.2 Å². The fraction of sp³-hybridized carbons (Fsp3) is 0.636. The summed E-state index contributed by atoms with van der Waals surface area (Å²) < 4.78 is 0. The van der Waals surface area contributed by atoms with Gasteiger partial charge in [0.1, 0.15) is 0 Å². The molecule has 3 atom stereocenters. The quantitative estimate of drug-likeness (QED) is 0.644. The Morgan fingerprint density at radius 3 is 2.54 bits per heavy atom. The monoisotopic (exact) mass is 181 g/mol. The molecule has 1 aliphatic rings. The first-order valence-electron chi connectivity index (χ1n) is 4.91. The zero-order valence-electron chi connectivity index (χ0n) is 8.08. The molecular weight excluding hydrogens is 162 g/mol. The van der Waals surface area contributed by atoms with E-state index in [1.54, 1.807) is 0 Å². The molecule has 0 amide bonds. The summed E-state index contributed by atoms with van der Waals surface area (Å²) in [5, 5.41) is 13.2. The summed E-state index contributed by atoms with van der Waals surface area (Å²) in [6, 6.07) is 0.411. The minimum atomic E-state index is -0.177. The second-order valence-corrected chi connectivity index (χ2v) is 3.72. The second kappa shape index (κ2) is 5.20. The molecule has 2 heteroatoms. The van der Waals surface area contributed by atoms with Gasteiger partial charge in [0.05, 0.1) is 6.10 Å². The maximum atomic E-state index is 9.78. The highest BCUT2D eigenvalue weighted by Gasteiger charge is 2.26. The predicted octanol–water partition coefficient (Wildman–Crippen LogP) is 1.48. The first-order chi connectivity index (χ1) is 6.27. The Bertz CT molecular complexity index is 179. The summed E-state index contributed by atoms with van der Waals surface area (Å²) in [7, 11) is 0. The maximum Gasteiger partial charge on any atom is 0.0598 e. The third kappa shape index (κ3) is 2.98. The zero-order valence-corrected chi connectivity index (χ0v) is 8.08. The lowest BCUT2D eigenvalue weighted by Gasteiger charge is -2.33. The van der Waals surface area contributed by atoms with E-state index in [2.05, 4.69) is 18.5 Å². The topological polar surface area (TPSA) is 32.3 Å². The standard InChI is InChI=1S/C11H19NO/c1-3-5-9-8-12-10(6-4-2)7-11(9)13/h3-4,9-13H,1-2,5-8H2. The smallest absolute Gasteiger partial charge is 0.0598 e. The molecular formula is C11H19NO. The molecule has 1 rings (SSSR count). The molecule has 1 aliphatic heterocycles. The van der Waals surface area contributed by atoms with Crippen LogP contribution in [0.25, 0.3) is 0 Å². The molecule has 74 valence electrons. The SMILES string of the molecule is C=CCC1CC(O)C(CC=C)CN1. The molecule has 1 heterocycles. The highest BCUT2D eigenvalue weighted by atomic mass is 16.3. The molecule has 0 spiro atoms. The number of aliphatic hydroxyl groups excluding tert-OH is 1. The van der Waals surface area contributed by atoms with Crippen molar-refractivity contribution in [2.45, 2.75) is 31.4 Å². The van der Waals surface area contributed by atoms with Crippen LogP contribution >= 0.6 is 0 Å². The van der Waals surface area contributed by atoms with Crippen LogP contribution in [0.3, 0.4) is 0 Å². The van der Waals surface area contributed by atoms with Crippen molar-refractivity contribution in [3.05, 3.63) is 25.3 Å². The van der Waals surface area contributed by atoms with Crippen molar-refractivity contribution < 1.29 is 5.11 Å². The van der Waals surface area contributed by atoms with Gasteiger partial charge >= 0.3 is 0 Å². The van der Waals surface area contributed by atoms with Gasteiger partial charge in [-0.2, -0.15) is 0 Å². The van der Waals surface area contributed by atoms with E-state index in [1.807, 2.05) is 12.2 Å². The van der Waals surface area contributed by atoms with Gasteiger partial charge in [0.15, 0.2) is 0 Å². The van der Waals surface area contributed by atoms with Crippen LogP contribution < -0.4 is 5.32 Å². The minimum absolute atomic E-state index is 0.177. The molecule has 0 saturated carbocycles. The van der Waals surface area contributed by atoms with Crippen molar-refractivity contribution in [3.8, 4) is 0 Å². The lowest BCUT2D eigenvalue weighted by molar-refractivity contribution is 0.0624. The number of piperidine rings is 1. The van der Waals surface area contributed by atoms with Gasteiger partial charge in [0, 0.05) is 18.5 Å². The Kier molecular flexibility index (Phi) is 4.19. The van der Waals surface area contributed by atoms with Gasteiger partial charge in [-0.25, -0.2) is 0 Å². The molecule has 1 fully saturated rings. The minimum Gasteiger partial charge on any atom is -0.393 e. The third-order valence-corrected chi connectivity index (χ3v) is 2.66. The molecule has 2 N–H and O–H groups in total. The number of allylic oxidation sites excluding steroid dienone is 1. The van der Waals surface area contributed by atoms with Crippen LogP contribution in [0.15, 0.2) is 25.3 Å². The van der Waals surface area contributed by atoms with E-state index in [-0.39, 0.29) is 6.10 Å². The fourth-order valence-electron chi connectivity index (χ4n) is 1.86. The lowest BCUT2D eigenvalue weighted by Crippen LogP contribution is -2.46. The Morgan fingerprint density at radius 1 is 1.31 bits per heavy atom. The highest BCUT2D eigenvalue weighted by Crippen LogP contribution is 2.20. The Labute approximate surface area is 80.3 Å². The Morgan fingerprint density at radius 2 is 2.00 bits per heavy atom. The summed E-state index contributed by atoms with van der Waals surface area (Å²) in [5.74, 6) is 0.346. The number of rotatable bonds is 4. The van der Waals surface area contributed by atoms with Crippen molar-refractivity contribution >= 4 is 0 Å². The average Bonchev–Trinajstić information content (AvgIpc) is 2.10. The van der Waals surface area contributed by atoms with Crippen LogP contribution in [0.2, 0.25) is 0 Å². The zero-order chi connectivity index (χ0) is 9.68. The van der Waals surface area contributed by atoms with Gasteiger partial charge in [-0.3, -0.25) is 0 Å². The molecule has 1 saturated heterocycles. The molecule has 0 aromatic carbocycles. The van der Waals surface area contributed by atoms with E-state index >= 15 is 0 Å². The molecule has 0 aliphatic carbocycles. The van der Waals surface area contributed by atoms with Gasteiger partial charge in [-0.15, -0.1) is 13.2 Å². The average molecular weight is 181 g/mol. The first-order valence-corrected chi connectivity index (χ1v) is 4.91. The highest BCUT2D eigenvalue weighted by molar-refractivity contribution is 4.90. The van der Waals surface area contributed by atoms with Gasteiger partial charge < -0.3 is 10.4 Å². The lowest BCUT2D eigenvalue weighted by atomic mass is 9.88. The van der Waals surface area contributed by atoms with E-state index in [9.17, 15) is 5.11 Å². The number of nitrogens with one attached hydrogen (secondary N) is 1. The number of hydrogen-bond acceptors (Lipinski definition) is 2. The third-order valence-electron chi connectivity index (χ3n) is 2.66. The van der Waals surface area contributed by atoms with Crippen molar-refractivity contribution in [3.63, 3.8) is 0 Å². The second-order valence-electron chi connectivity index (χ2n) is 3.72. The van der Waals surface area contributed by atoms with Crippen molar-refractivity contribution in [2.24, 2.45) is 5.92 Å². The molecule has 0 bridgehead atoms. The van der Waals surface area contributed by atoms with Crippen LogP contribution in [0.1, 0.15) is 19.3 Å². The van der Waals surface area contributed by atoms with Crippen molar-refractivity contribution in [1.82, 2.24) is 5.32 Å². The van der Waals surface area contributed by atoms with E-state index in [4.69, 9.17) is 0 Å². The van der Waals surface area contributed by atoms with Crippen LogP contribution in [0.5, 0.6) is 0 Å². The molecule has 0 aromatic heterocycles. The summed E-state index contributed by atoms with van der Waals surface area (Å²) >= 11 is 0. The number of hydrogen-bond donors (Lipinski definition) is 2. The van der Waals surface area contributed by atoms with E-state index < -0.39 is 0 Å². The summed E-state index contributed by atoms with van der Waals surface area (Å²) in [6.45, 7) is 8.28. The Balaban J connectivity index is 2.36. The van der Waals surface area contributed by atoms with Gasteiger partial charge in [0.25, 0.3) is 0 Å². The molecule has 3 unspecified atom stereocenters. The summed E-state index contributed by atoms with van der Waals surface area (Å²) in [6.07, 6.45) is 6.28. The van der Waals surface area contributed by atoms with Crippen LogP contribution in [-0.4, -0.2) is 23.8 Å². The maximum absolute atomic E-state index is 9.78. The van der Waals surface area contributed by atoms with Crippen molar-refractivity contribution in [1.29, 1.82) is 0 Å². The van der Waals surface area contributed by atoms with Crippen LogP contribution in [-0.2, 0) is 0 Å². The molecule has 2 nitrogen and oxygen atoms in total. The largest absolute Gasteiger partial charge is 0.393 e. The van der Waals surface area contributed by atoms with E-state index in [1.165, 1.54) is 0 Å². The normalized spacial score (nSPS) is 34.1. The van der Waals surface area contributed by atoms with E-state index in [0.717, 1.165) is 25.8 Å². The van der Waals surface area contributed by atoms with E-state index in [0.29, 0.717) is 12.0 Å². The molecule has 0 radical (unpaired) electrons. The van der Waals surface area contributed by atoms with Crippen LogP contribution in [0.4, 0.5) is 0 Å². The molecule has 13 heavy (non-hydrogen) atoms. The van der Waals surface area contributed by atoms with Crippen molar-refractivity contribution in [2.75, 3.05) is 6.54 Å². The molecule has 0 aromatic rings. The van der Waals surface area contributed by atoms with Crippen LogP contribution in [0, 0.1) is 5.92 Å².